The van der Waals surface area contributed by atoms with E-state index in [4.69, 9.17) is 11.6 Å². The van der Waals surface area contributed by atoms with Crippen molar-refractivity contribution in [2.24, 2.45) is 0 Å². The smallest absolute Gasteiger partial charge is 0.261 e. The second-order valence-electron chi connectivity index (χ2n) is 6.30. The molecule has 5 nitrogen and oxygen atoms in total. The van der Waals surface area contributed by atoms with Gasteiger partial charge in [-0.1, -0.05) is 41.9 Å². The van der Waals surface area contributed by atoms with E-state index >= 15 is 0 Å². The van der Waals surface area contributed by atoms with E-state index in [1.54, 1.807) is 30.3 Å². The van der Waals surface area contributed by atoms with Gasteiger partial charge in [-0.15, -0.1) is 0 Å². The third kappa shape index (κ3) is 5.79. The molecule has 0 bridgehead atoms. The first-order valence-corrected chi connectivity index (χ1v) is 10.6. The number of carbonyl (C=O) groups is 1. The Morgan fingerprint density at radius 2 is 1.59 bits per heavy atom. The predicted octanol–water partition coefficient (Wildman–Crippen LogP) is 4.14. The van der Waals surface area contributed by atoms with Gasteiger partial charge in [0.05, 0.1) is 11.3 Å². The van der Waals surface area contributed by atoms with Gasteiger partial charge in [0.25, 0.3) is 10.0 Å². The molecule has 1 amide bonds. The van der Waals surface area contributed by atoms with Gasteiger partial charge in [-0.3, -0.25) is 9.52 Å². The number of nitrogens with one attached hydrogen (secondary N) is 2. The molecule has 0 aliphatic heterocycles. The van der Waals surface area contributed by atoms with Crippen LogP contribution in [-0.2, 0) is 27.8 Å². The molecule has 0 radical (unpaired) electrons. The van der Waals surface area contributed by atoms with Crippen LogP contribution < -0.4 is 10.0 Å². The number of halogens is 2. The molecule has 29 heavy (non-hydrogen) atoms. The molecule has 0 unspecified atom stereocenters. The van der Waals surface area contributed by atoms with E-state index in [0.717, 1.165) is 23.3 Å². The quantitative estimate of drug-likeness (QED) is 0.589. The van der Waals surface area contributed by atoms with Crippen molar-refractivity contribution < 1.29 is 17.6 Å². The Labute approximate surface area is 173 Å². The van der Waals surface area contributed by atoms with Crippen molar-refractivity contribution in [1.82, 2.24) is 5.32 Å². The predicted molar refractivity (Wildman–Crippen MR) is 111 cm³/mol. The molecule has 0 fully saturated rings. The fourth-order valence-corrected chi connectivity index (χ4v) is 3.86. The highest BCUT2D eigenvalue weighted by Gasteiger charge is 2.14. The lowest BCUT2D eigenvalue weighted by atomic mass is 10.1. The van der Waals surface area contributed by atoms with Gasteiger partial charge < -0.3 is 5.32 Å². The molecule has 0 atom stereocenters. The maximum Gasteiger partial charge on any atom is 0.261 e. The van der Waals surface area contributed by atoms with E-state index in [9.17, 15) is 17.6 Å². The molecule has 3 aromatic rings. The van der Waals surface area contributed by atoms with E-state index in [-0.39, 0.29) is 17.2 Å². The van der Waals surface area contributed by atoms with E-state index in [1.165, 1.54) is 12.1 Å². The number of sulfonamides is 1. The van der Waals surface area contributed by atoms with Crippen LogP contribution in [0.5, 0.6) is 0 Å². The number of hydrogen-bond donors (Lipinski definition) is 2. The standard InChI is InChI=1S/C21H18ClFN2O3S/c22-20-4-2-1-3-16(20)14-24-21(26)13-15-5-9-18(10-6-15)25-29(27,28)19-11-7-17(23)8-12-19/h1-12,25H,13-14H2,(H,24,26). The largest absolute Gasteiger partial charge is 0.352 e. The van der Waals surface area contributed by atoms with Crippen LogP contribution in [0.25, 0.3) is 0 Å². The Morgan fingerprint density at radius 3 is 2.24 bits per heavy atom. The summed E-state index contributed by atoms with van der Waals surface area (Å²) in [5.41, 5.74) is 1.90. The average Bonchev–Trinajstić information content (AvgIpc) is 2.69. The Morgan fingerprint density at radius 1 is 0.931 bits per heavy atom. The average molecular weight is 433 g/mol. The van der Waals surface area contributed by atoms with Crippen LogP contribution in [0.1, 0.15) is 11.1 Å². The van der Waals surface area contributed by atoms with E-state index in [0.29, 0.717) is 17.3 Å². The monoisotopic (exact) mass is 432 g/mol. The van der Waals surface area contributed by atoms with Gasteiger partial charge in [0.2, 0.25) is 5.91 Å². The van der Waals surface area contributed by atoms with E-state index in [2.05, 4.69) is 10.0 Å². The fourth-order valence-electron chi connectivity index (χ4n) is 2.60. The van der Waals surface area contributed by atoms with E-state index in [1.807, 2.05) is 18.2 Å². The fraction of sp³-hybridized carbons (Fsp3) is 0.0952. The van der Waals surface area contributed by atoms with Crippen molar-refractivity contribution in [1.29, 1.82) is 0 Å². The summed E-state index contributed by atoms with van der Waals surface area (Å²) < 4.78 is 40.0. The summed E-state index contributed by atoms with van der Waals surface area (Å²) in [6.07, 6.45) is 0.148. The molecule has 0 aliphatic rings. The lowest BCUT2D eigenvalue weighted by Gasteiger charge is -2.10. The maximum absolute atomic E-state index is 13.0. The highest BCUT2D eigenvalue weighted by Crippen LogP contribution is 2.18. The minimum Gasteiger partial charge on any atom is -0.352 e. The first kappa shape index (κ1) is 20.8. The topological polar surface area (TPSA) is 75.3 Å². The SMILES string of the molecule is O=C(Cc1ccc(NS(=O)(=O)c2ccc(F)cc2)cc1)NCc1ccccc1Cl. The molecular formula is C21H18ClFN2O3S. The van der Waals surface area contributed by atoms with Gasteiger partial charge in [0.1, 0.15) is 5.82 Å². The summed E-state index contributed by atoms with van der Waals surface area (Å²) >= 11 is 6.06. The normalized spacial score (nSPS) is 11.1. The molecule has 0 heterocycles. The van der Waals surface area contributed by atoms with Gasteiger partial charge in [-0.2, -0.15) is 0 Å². The molecule has 0 saturated carbocycles. The minimum absolute atomic E-state index is 0.0399. The first-order valence-electron chi connectivity index (χ1n) is 8.71. The number of carbonyl (C=O) groups excluding carboxylic acids is 1. The first-order chi connectivity index (χ1) is 13.8. The lowest BCUT2D eigenvalue weighted by Crippen LogP contribution is -2.24. The molecule has 150 valence electrons. The van der Waals surface area contributed by atoms with Crippen LogP contribution in [0.15, 0.2) is 77.7 Å². The Hall–Kier alpha value is -2.90. The van der Waals surface area contributed by atoms with Crippen molar-refractivity contribution in [2.75, 3.05) is 4.72 Å². The summed E-state index contributed by atoms with van der Waals surface area (Å²) in [7, 11) is -3.82. The summed E-state index contributed by atoms with van der Waals surface area (Å²) in [6.45, 7) is 0.327. The van der Waals surface area contributed by atoms with Crippen molar-refractivity contribution >= 4 is 33.2 Å². The number of hydrogen-bond acceptors (Lipinski definition) is 3. The molecule has 0 spiro atoms. The van der Waals surface area contributed by atoms with Gasteiger partial charge >= 0.3 is 0 Å². The van der Waals surface area contributed by atoms with Crippen molar-refractivity contribution in [2.45, 2.75) is 17.9 Å². The van der Waals surface area contributed by atoms with Gasteiger partial charge in [0, 0.05) is 17.3 Å². The molecule has 2 N–H and O–H groups in total. The van der Waals surface area contributed by atoms with Crippen LogP contribution in [0.3, 0.4) is 0 Å². The molecule has 3 aromatic carbocycles. The molecule has 0 saturated heterocycles. The van der Waals surface area contributed by atoms with Crippen molar-refractivity contribution in [3.05, 3.63) is 94.8 Å². The Kier molecular flexibility index (Phi) is 6.51. The van der Waals surface area contributed by atoms with E-state index < -0.39 is 15.8 Å². The van der Waals surface area contributed by atoms with Gasteiger partial charge in [0.15, 0.2) is 0 Å². The summed E-state index contributed by atoms with van der Waals surface area (Å²) in [4.78, 5) is 12.1. The molecule has 0 aromatic heterocycles. The number of rotatable bonds is 7. The van der Waals surface area contributed by atoms with Gasteiger partial charge in [-0.25, -0.2) is 12.8 Å². The second kappa shape index (κ2) is 9.07. The zero-order valence-electron chi connectivity index (χ0n) is 15.2. The highest BCUT2D eigenvalue weighted by molar-refractivity contribution is 7.92. The van der Waals surface area contributed by atoms with Crippen LogP contribution in [0.4, 0.5) is 10.1 Å². The van der Waals surface area contributed by atoms with Crippen LogP contribution in [0, 0.1) is 5.82 Å². The zero-order valence-corrected chi connectivity index (χ0v) is 16.8. The Bertz CT molecular complexity index is 1100. The maximum atomic E-state index is 13.0. The lowest BCUT2D eigenvalue weighted by molar-refractivity contribution is -0.120. The number of amides is 1. The summed E-state index contributed by atoms with van der Waals surface area (Å²) in [5.74, 6) is -0.689. The second-order valence-corrected chi connectivity index (χ2v) is 8.39. The Balaban J connectivity index is 1.57. The van der Waals surface area contributed by atoms with Gasteiger partial charge in [-0.05, 0) is 53.6 Å². The highest BCUT2D eigenvalue weighted by atomic mass is 35.5. The van der Waals surface area contributed by atoms with Crippen molar-refractivity contribution in [3.63, 3.8) is 0 Å². The van der Waals surface area contributed by atoms with Crippen molar-refractivity contribution in [3.8, 4) is 0 Å². The van der Waals surface area contributed by atoms with Crippen LogP contribution in [0.2, 0.25) is 5.02 Å². The minimum atomic E-state index is -3.82. The molecule has 0 aliphatic carbocycles. The third-order valence-corrected chi connectivity index (χ3v) is 5.89. The summed E-state index contributed by atoms with van der Waals surface area (Å²) in [5, 5.41) is 3.39. The zero-order chi connectivity index (χ0) is 20.9. The molecule has 3 rings (SSSR count). The summed E-state index contributed by atoms with van der Waals surface area (Å²) in [6, 6.07) is 18.3. The molecule has 8 heteroatoms. The van der Waals surface area contributed by atoms with Crippen LogP contribution >= 0.6 is 11.6 Å². The molecular weight excluding hydrogens is 415 g/mol. The third-order valence-electron chi connectivity index (χ3n) is 4.13. The number of benzene rings is 3. The van der Waals surface area contributed by atoms with Crippen LogP contribution in [-0.4, -0.2) is 14.3 Å². The number of anilines is 1.